The van der Waals surface area contributed by atoms with Crippen LogP contribution in [-0.2, 0) is 19.5 Å². The third-order valence-corrected chi connectivity index (χ3v) is 6.34. The van der Waals surface area contributed by atoms with Crippen molar-refractivity contribution in [2.75, 3.05) is 11.9 Å². The number of nitrogens with zero attached hydrogens (tertiary/aromatic N) is 2. The summed E-state index contributed by atoms with van der Waals surface area (Å²) >= 11 is 1.69. The molecular weight excluding hydrogens is 356 g/mol. The molecule has 0 fully saturated rings. The summed E-state index contributed by atoms with van der Waals surface area (Å²) in [5.41, 5.74) is 4.48. The quantitative estimate of drug-likeness (QED) is 0.633. The first-order chi connectivity index (χ1) is 13.0. The highest BCUT2D eigenvalue weighted by Gasteiger charge is 2.28. The number of furan rings is 1. The highest BCUT2D eigenvalue weighted by molar-refractivity contribution is 7.10. The van der Waals surface area contributed by atoms with Crippen LogP contribution in [0.3, 0.4) is 0 Å². The van der Waals surface area contributed by atoms with Gasteiger partial charge in [-0.3, -0.25) is 4.79 Å². The summed E-state index contributed by atoms with van der Waals surface area (Å²) in [6.45, 7) is 5.53. The first-order valence-electron chi connectivity index (χ1n) is 9.24. The Labute approximate surface area is 164 Å². The molecule has 140 valence electrons. The number of para-hydroxylation sites is 1. The zero-order valence-electron chi connectivity index (χ0n) is 15.9. The first-order valence-corrected chi connectivity index (χ1v) is 10.1. The molecule has 1 aliphatic heterocycles. The Morgan fingerprint density at radius 1 is 1.30 bits per heavy atom. The Kier molecular flexibility index (Phi) is 4.79. The van der Waals surface area contributed by atoms with Crippen LogP contribution >= 0.6 is 11.3 Å². The average Bonchev–Trinajstić information content (AvgIpc) is 3.35. The van der Waals surface area contributed by atoms with Gasteiger partial charge in [-0.15, -0.1) is 11.3 Å². The van der Waals surface area contributed by atoms with E-state index in [0.29, 0.717) is 24.7 Å². The molecule has 0 N–H and O–H groups in total. The molecular formula is C22H24N2O2S. The van der Waals surface area contributed by atoms with Crippen LogP contribution in [0.5, 0.6) is 0 Å². The van der Waals surface area contributed by atoms with E-state index in [2.05, 4.69) is 54.5 Å². The number of amides is 1. The lowest BCUT2D eigenvalue weighted by atomic mass is 10.1. The van der Waals surface area contributed by atoms with E-state index >= 15 is 0 Å². The summed E-state index contributed by atoms with van der Waals surface area (Å²) in [7, 11) is 1.85. The molecule has 1 aromatic carbocycles. The van der Waals surface area contributed by atoms with Gasteiger partial charge < -0.3 is 14.2 Å². The van der Waals surface area contributed by atoms with E-state index in [1.165, 1.54) is 21.7 Å². The van der Waals surface area contributed by atoms with Crippen molar-refractivity contribution in [3.63, 3.8) is 0 Å². The summed E-state index contributed by atoms with van der Waals surface area (Å²) in [5, 5.41) is 2.07. The number of hydrogen-bond donors (Lipinski definition) is 0. The largest absolute Gasteiger partial charge is 0.467 e. The zero-order valence-corrected chi connectivity index (χ0v) is 16.8. The molecule has 4 nitrogen and oxygen atoms in total. The van der Waals surface area contributed by atoms with Crippen LogP contribution in [0.15, 0.2) is 52.5 Å². The number of benzene rings is 1. The molecule has 3 aromatic rings. The normalized spacial score (nSPS) is 15.8. The maximum atomic E-state index is 13.0. The van der Waals surface area contributed by atoms with Gasteiger partial charge in [-0.1, -0.05) is 18.2 Å². The Bertz CT molecular complexity index is 959. The van der Waals surface area contributed by atoms with Gasteiger partial charge in [-0.25, -0.2) is 0 Å². The van der Waals surface area contributed by atoms with Crippen LogP contribution in [0.2, 0.25) is 0 Å². The van der Waals surface area contributed by atoms with Crippen molar-refractivity contribution >= 4 is 22.9 Å². The molecule has 0 radical (unpaired) electrons. The van der Waals surface area contributed by atoms with Gasteiger partial charge in [0, 0.05) is 23.7 Å². The third-order valence-electron chi connectivity index (χ3n) is 5.33. The van der Waals surface area contributed by atoms with Gasteiger partial charge in [-0.2, -0.15) is 0 Å². The predicted molar refractivity (Wildman–Crippen MR) is 109 cm³/mol. The second-order valence-electron chi connectivity index (χ2n) is 7.26. The third kappa shape index (κ3) is 3.39. The molecule has 0 saturated heterocycles. The Hall–Kier alpha value is -2.53. The van der Waals surface area contributed by atoms with E-state index in [-0.39, 0.29) is 5.91 Å². The molecule has 4 rings (SSSR count). The molecule has 0 bridgehead atoms. The second kappa shape index (κ2) is 7.24. The van der Waals surface area contributed by atoms with E-state index in [1.54, 1.807) is 28.6 Å². The number of carbonyl (C=O) groups is 1. The summed E-state index contributed by atoms with van der Waals surface area (Å²) in [6, 6.07) is 12.7. The highest BCUT2D eigenvalue weighted by Crippen LogP contribution is 2.33. The molecule has 1 aliphatic rings. The maximum Gasteiger partial charge on any atom is 0.257 e. The van der Waals surface area contributed by atoms with E-state index in [9.17, 15) is 4.79 Å². The van der Waals surface area contributed by atoms with E-state index in [4.69, 9.17) is 4.42 Å². The highest BCUT2D eigenvalue weighted by atomic mass is 32.1. The van der Waals surface area contributed by atoms with Gasteiger partial charge in [0.1, 0.15) is 5.76 Å². The fourth-order valence-electron chi connectivity index (χ4n) is 3.74. The number of hydrogen-bond acceptors (Lipinski definition) is 4. The summed E-state index contributed by atoms with van der Waals surface area (Å²) in [6.07, 6.45) is 2.65. The smallest absolute Gasteiger partial charge is 0.257 e. The molecule has 27 heavy (non-hydrogen) atoms. The number of anilines is 1. The summed E-state index contributed by atoms with van der Waals surface area (Å²) in [5.74, 6) is 0.741. The Balaban J connectivity index is 1.53. The molecule has 3 heterocycles. The van der Waals surface area contributed by atoms with Crippen molar-refractivity contribution in [2.24, 2.45) is 0 Å². The fourth-order valence-corrected chi connectivity index (χ4v) is 4.70. The van der Waals surface area contributed by atoms with Gasteiger partial charge in [-0.05, 0) is 55.0 Å². The Morgan fingerprint density at radius 2 is 2.11 bits per heavy atom. The number of carbonyl (C=O) groups excluding carboxylic acids is 1. The molecule has 1 amide bonds. The minimum Gasteiger partial charge on any atom is -0.467 e. The van der Waals surface area contributed by atoms with Crippen LogP contribution in [0, 0.1) is 6.92 Å². The lowest BCUT2D eigenvalue weighted by molar-refractivity contribution is 0.0784. The summed E-state index contributed by atoms with van der Waals surface area (Å²) in [4.78, 5) is 18.3. The number of fused-ring (bicyclic) bond motifs is 1. The minimum absolute atomic E-state index is 0.00619. The van der Waals surface area contributed by atoms with Gasteiger partial charge >= 0.3 is 0 Å². The molecule has 5 heteroatoms. The van der Waals surface area contributed by atoms with Crippen molar-refractivity contribution in [1.29, 1.82) is 0 Å². The minimum atomic E-state index is 0.00619. The van der Waals surface area contributed by atoms with E-state index < -0.39 is 0 Å². The van der Waals surface area contributed by atoms with Crippen molar-refractivity contribution in [3.8, 4) is 0 Å². The van der Waals surface area contributed by atoms with Crippen molar-refractivity contribution in [2.45, 2.75) is 39.4 Å². The van der Waals surface area contributed by atoms with E-state index in [1.807, 2.05) is 7.05 Å². The van der Waals surface area contributed by atoms with Crippen molar-refractivity contribution < 1.29 is 9.21 Å². The van der Waals surface area contributed by atoms with Crippen LogP contribution in [0.1, 0.15) is 39.0 Å². The van der Waals surface area contributed by atoms with Gasteiger partial charge in [0.05, 0.1) is 24.9 Å². The van der Waals surface area contributed by atoms with Crippen molar-refractivity contribution in [1.82, 2.24) is 4.90 Å². The van der Waals surface area contributed by atoms with Crippen LogP contribution in [0.25, 0.3) is 0 Å². The lowest BCUT2D eigenvalue weighted by Crippen LogP contribution is -2.31. The first kappa shape index (κ1) is 17.9. The monoisotopic (exact) mass is 380 g/mol. The molecule has 2 aromatic heterocycles. The van der Waals surface area contributed by atoms with Crippen LogP contribution in [0.4, 0.5) is 5.69 Å². The maximum absolute atomic E-state index is 13.0. The zero-order chi connectivity index (χ0) is 19.0. The molecule has 0 spiro atoms. The van der Waals surface area contributed by atoms with Crippen molar-refractivity contribution in [3.05, 3.63) is 75.4 Å². The van der Waals surface area contributed by atoms with Gasteiger partial charge in [0.2, 0.25) is 0 Å². The SMILES string of the molecule is Cc1ccsc1CN(C)C(=O)c1ccoc1CN1c2ccccc2CC1C. The number of rotatable bonds is 5. The molecule has 1 atom stereocenters. The van der Waals surface area contributed by atoms with Gasteiger partial charge in [0.15, 0.2) is 0 Å². The summed E-state index contributed by atoms with van der Waals surface area (Å²) < 4.78 is 5.73. The predicted octanol–water partition coefficient (Wildman–Crippen LogP) is 4.87. The lowest BCUT2D eigenvalue weighted by Gasteiger charge is -2.24. The molecule has 0 saturated carbocycles. The molecule has 0 aliphatic carbocycles. The van der Waals surface area contributed by atoms with E-state index in [0.717, 1.165) is 12.2 Å². The Morgan fingerprint density at radius 3 is 2.89 bits per heavy atom. The molecule has 1 unspecified atom stereocenters. The number of thiophene rings is 1. The average molecular weight is 381 g/mol. The van der Waals surface area contributed by atoms with Gasteiger partial charge in [0.25, 0.3) is 5.91 Å². The van der Waals surface area contributed by atoms with Crippen LogP contribution < -0.4 is 4.90 Å². The fraction of sp³-hybridized carbons (Fsp3) is 0.318. The second-order valence-corrected chi connectivity index (χ2v) is 8.26. The number of aryl methyl sites for hydroxylation is 1. The van der Waals surface area contributed by atoms with Crippen LogP contribution in [-0.4, -0.2) is 23.9 Å². The standard InChI is InChI=1S/C22H24N2O2S/c1-15-9-11-27-21(15)14-23(3)22(25)18-8-10-26-20(18)13-24-16(2)12-17-6-4-5-7-19(17)24/h4-11,16H,12-14H2,1-3H3. The topological polar surface area (TPSA) is 36.7 Å².